The molecule has 1 aliphatic heterocycles. The van der Waals surface area contributed by atoms with E-state index >= 15 is 0 Å². The van der Waals surface area contributed by atoms with E-state index in [2.05, 4.69) is 0 Å². The Morgan fingerprint density at radius 3 is 2.17 bits per heavy atom. The second kappa shape index (κ2) is 9.89. The van der Waals surface area contributed by atoms with E-state index in [4.69, 9.17) is 9.47 Å². The van der Waals surface area contributed by atoms with Crippen LogP contribution in [0.2, 0.25) is 0 Å². The Kier molecular flexibility index (Phi) is 7.28. The summed E-state index contributed by atoms with van der Waals surface area (Å²) >= 11 is 0. The molecule has 6 nitrogen and oxygen atoms in total. The molecule has 0 saturated carbocycles. The lowest BCUT2D eigenvalue weighted by atomic mass is 10.1. The van der Waals surface area contributed by atoms with Gasteiger partial charge in [-0.05, 0) is 49.1 Å². The molecular formula is C22H27NO5S. The van der Waals surface area contributed by atoms with Crippen LogP contribution in [0.1, 0.15) is 37.7 Å². The molecule has 29 heavy (non-hydrogen) atoms. The number of nitrogens with zero attached hydrogens (tertiary/aromatic N) is 1. The fraction of sp³-hybridized carbons (Fsp3) is 0.409. The molecule has 3 rings (SSSR count). The largest absolute Gasteiger partial charge is 0.493 e. The highest BCUT2D eigenvalue weighted by Crippen LogP contribution is 2.26. The predicted octanol–water partition coefficient (Wildman–Crippen LogP) is 3.80. The van der Waals surface area contributed by atoms with Crippen molar-refractivity contribution in [3.05, 3.63) is 54.1 Å². The zero-order valence-corrected chi connectivity index (χ0v) is 17.5. The van der Waals surface area contributed by atoms with Crippen LogP contribution in [0.5, 0.6) is 11.5 Å². The Hall–Kier alpha value is -2.38. The maximum atomic E-state index is 12.8. The molecular weight excluding hydrogens is 390 g/mol. The lowest BCUT2D eigenvalue weighted by molar-refractivity contribution is -0.134. The van der Waals surface area contributed by atoms with E-state index < -0.39 is 10.0 Å². The molecule has 1 aliphatic rings. The van der Waals surface area contributed by atoms with Gasteiger partial charge in [-0.15, -0.1) is 0 Å². The summed E-state index contributed by atoms with van der Waals surface area (Å²) in [7, 11) is -1.93. The smallest absolute Gasteiger partial charge is 0.311 e. The van der Waals surface area contributed by atoms with E-state index in [1.54, 1.807) is 52.8 Å². The molecule has 0 N–H and O–H groups in total. The quantitative estimate of drug-likeness (QED) is 0.506. The Morgan fingerprint density at radius 1 is 0.931 bits per heavy atom. The van der Waals surface area contributed by atoms with Crippen LogP contribution < -0.4 is 9.47 Å². The summed E-state index contributed by atoms with van der Waals surface area (Å²) in [6, 6.07) is 13.8. The number of aryl methyl sites for hydroxylation is 1. The number of carbonyl (C=O) groups excluding carboxylic acids is 1. The summed E-state index contributed by atoms with van der Waals surface area (Å²) in [4.78, 5) is 12.4. The first-order valence-electron chi connectivity index (χ1n) is 9.93. The second-order valence-electron chi connectivity index (χ2n) is 7.09. The topological polar surface area (TPSA) is 72.9 Å². The van der Waals surface area contributed by atoms with Crippen LogP contribution >= 0.6 is 0 Å². The third-order valence-electron chi connectivity index (χ3n) is 5.04. The number of hydrogen-bond donors (Lipinski definition) is 0. The minimum Gasteiger partial charge on any atom is -0.493 e. The molecule has 0 amide bonds. The molecule has 0 aromatic heterocycles. The van der Waals surface area contributed by atoms with Gasteiger partial charge in [-0.3, -0.25) is 4.79 Å². The van der Waals surface area contributed by atoms with Crippen LogP contribution in [0.15, 0.2) is 53.4 Å². The first-order valence-corrected chi connectivity index (χ1v) is 11.4. The maximum Gasteiger partial charge on any atom is 0.311 e. The highest BCUT2D eigenvalue weighted by atomic mass is 32.2. The van der Waals surface area contributed by atoms with Crippen LogP contribution in [-0.2, 0) is 21.2 Å². The number of rotatable bonds is 7. The molecule has 7 heteroatoms. The van der Waals surface area contributed by atoms with Crippen molar-refractivity contribution in [1.29, 1.82) is 0 Å². The number of benzene rings is 2. The van der Waals surface area contributed by atoms with Crippen molar-refractivity contribution in [2.75, 3.05) is 20.2 Å². The van der Waals surface area contributed by atoms with Crippen molar-refractivity contribution in [3.8, 4) is 11.5 Å². The average molecular weight is 418 g/mol. The highest BCUT2D eigenvalue weighted by Gasteiger charge is 2.24. The van der Waals surface area contributed by atoms with Crippen LogP contribution in [0.3, 0.4) is 0 Å². The molecule has 0 aliphatic carbocycles. The van der Waals surface area contributed by atoms with Gasteiger partial charge in [0.05, 0.1) is 12.0 Å². The zero-order chi connectivity index (χ0) is 20.7. The van der Waals surface area contributed by atoms with Gasteiger partial charge < -0.3 is 9.47 Å². The van der Waals surface area contributed by atoms with E-state index in [1.807, 2.05) is 0 Å². The maximum absolute atomic E-state index is 12.8. The Bertz CT molecular complexity index is 916. The Labute approximate surface area is 172 Å². The Balaban J connectivity index is 1.58. The molecule has 1 fully saturated rings. The Morgan fingerprint density at radius 2 is 1.55 bits per heavy atom. The molecule has 1 saturated heterocycles. The number of methoxy groups -OCH3 is 1. The average Bonchev–Trinajstić information content (AvgIpc) is 3.03. The molecule has 156 valence electrons. The van der Waals surface area contributed by atoms with Crippen LogP contribution in [-0.4, -0.2) is 38.9 Å². The van der Waals surface area contributed by atoms with Gasteiger partial charge >= 0.3 is 5.97 Å². The monoisotopic (exact) mass is 417 g/mol. The van der Waals surface area contributed by atoms with Gasteiger partial charge in [0.2, 0.25) is 10.0 Å². The first-order chi connectivity index (χ1) is 14.0. The first kappa shape index (κ1) is 21.3. The molecule has 0 atom stereocenters. The third-order valence-corrected chi connectivity index (χ3v) is 6.95. The van der Waals surface area contributed by atoms with E-state index in [9.17, 15) is 13.2 Å². The third kappa shape index (κ3) is 5.58. The van der Waals surface area contributed by atoms with Crippen molar-refractivity contribution in [2.24, 2.45) is 0 Å². The van der Waals surface area contributed by atoms with E-state index in [0.29, 0.717) is 35.9 Å². The van der Waals surface area contributed by atoms with E-state index in [1.165, 1.54) is 7.11 Å². The SMILES string of the molecule is COc1ccccc1OC(=O)CCc1ccc(S(=O)(=O)N2CCCCCC2)cc1. The van der Waals surface area contributed by atoms with Crippen LogP contribution in [0.4, 0.5) is 0 Å². The summed E-state index contributed by atoms with van der Waals surface area (Å²) in [5.41, 5.74) is 0.886. The van der Waals surface area contributed by atoms with Crippen molar-refractivity contribution < 1.29 is 22.7 Å². The fourth-order valence-electron chi connectivity index (χ4n) is 3.38. The van der Waals surface area contributed by atoms with Crippen molar-refractivity contribution in [3.63, 3.8) is 0 Å². The zero-order valence-electron chi connectivity index (χ0n) is 16.7. The molecule has 2 aromatic carbocycles. The van der Waals surface area contributed by atoms with Gasteiger partial charge in [-0.2, -0.15) is 4.31 Å². The van der Waals surface area contributed by atoms with E-state index in [-0.39, 0.29) is 12.4 Å². The summed E-state index contributed by atoms with van der Waals surface area (Å²) in [5.74, 6) is 0.526. The molecule has 0 radical (unpaired) electrons. The van der Waals surface area contributed by atoms with Gasteiger partial charge in [0.1, 0.15) is 0 Å². The minimum absolute atomic E-state index is 0.191. The lowest BCUT2D eigenvalue weighted by Gasteiger charge is -2.20. The van der Waals surface area contributed by atoms with Crippen molar-refractivity contribution >= 4 is 16.0 Å². The summed E-state index contributed by atoms with van der Waals surface area (Å²) < 4.78 is 37.8. The standard InChI is InChI=1S/C22H27NO5S/c1-27-20-8-4-5-9-21(20)28-22(24)15-12-18-10-13-19(14-11-18)29(25,26)23-16-6-2-3-7-17-23/h4-5,8-11,13-14H,2-3,6-7,12,15-17H2,1H3. The number of para-hydroxylation sites is 2. The van der Waals surface area contributed by atoms with Gasteiger partial charge in [0.25, 0.3) is 0 Å². The number of esters is 1. The molecule has 0 spiro atoms. The lowest BCUT2D eigenvalue weighted by Crippen LogP contribution is -2.31. The van der Waals surface area contributed by atoms with Gasteiger partial charge in [0, 0.05) is 19.5 Å². The van der Waals surface area contributed by atoms with Crippen LogP contribution in [0, 0.1) is 0 Å². The summed E-state index contributed by atoms with van der Waals surface area (Å²) in [5, 5.41) is 0. The second-order valence-corrected chi connectivity index (χ2v) is 9.03. The molecule has 0 unspecified atom stereocenters. The van der Waals surface area contributed by atoms with Crippen molar-refractivity contribution in [1.82, 2.24) is 4.31 Å². The van der Waals surface area contributed by atoms with Crippen molar-refractivity contribution in [2.45, 2.75) is 43.4 Å². The van der Waals surface area contributed by atoms with Gasteiger partial charge in [-0.1, -0.05) is 37.1 Å². The normalized spacial score (nSPS) is 15.5. The number of ether oxygens (including phenoxy) is 2. The number of sulfonamides is 1. The molecule has 1 heterocycles. The summed E-state index contributed by atoms with van der Waals surface area (Å²) in [6.45, 7) is 1.16. The number of hydrogen-bond acceptors (Lipinski definition) is 5. The fourth-order valence-corrected chi connectivity index (χ4v) is 4.90. The van der Waals surface area contributed by atoms with Crippen LogP contribution in [0.25, 0.3) is 0 Å². The molecule has 2 aromatic rings. The highest BCUT2D eigenvalue weighted by molar-refractivity contribution is 7.89. The summed E-state index contributed by atoms with van der Waals surface area (Å²) in [6.07, 6.45) is 4.64. The van der Waals surface area contributed by atoms with Gasteiger partial charge in [-0.25, -0.2) is 8.42 Å². The van der Waals surface area contributed by atoms with Gasteiger partial charge in [0.15, 0.2) is 11.5 Å². The molecule has 0 bridgehead atoms. The van der Waals surface area contributed by atoms with E-state index in [0.717, 1.165) is 31.2 Å². The predicted molar refractivity (Wildman–Crippen MR) is 111 cm³/mol. The minimum atomic E-state index is -3.45. The number of carbonyl (C=O) groups is 1.